The molecular formula is C10H10O5. The minimum Gasteiger partial charge on any atom is -0.481 e. The van der Waals surface area contributed by atoms with Crippen LogP contribution in [0.2, 0.25) is 0 Å². The standard InChI is InChI=1S/C10H10O5/c1-5-2-3-7(14-5)9-6(10(12)13)4-8(11)15-9/h2-3,6,9H,4H2,1H3,(H,12,13)/t6-,9-/m0/s1. The maximum Gasteiger partial charge on any atom is 0.311 e. The van der Waals surface area contributed by atoms with Gasteiger partial charge in [-0.3, -0.25) is 9.59 Å². The zero-order valence-corrected chi connectivity index (χ0v) is 8.10. The van der Waals surface area contributed by atoms with Crippen LogP contribution in [-0.4, -0.2) is 17.0 Å². The second-order valence-electron chi connectivity index (χ2n) is 3.51. The molecule has 2 heterocycles. The lowest BCUT2D eigenvalue weighted by atomic mass is 10.00. The van der Waals surface area contributed by atoms with E-state index in [1.807, 2.05) is 0 Å². The molecule has 1 saturated heterocycles. The molecule has 1 aliphatic rings. The third-order valence-electron chi connectivity index (χ3n) is 2.37. The molecule has 1 aliphatic heterocycles. The Kier molecular flexibility index (Phi) is 2.22. The molecule has 0 aliphatic carbocycles. The largest absolute Gasteiger partial charge is 0.481 e. The van der Waals surface area contributed by atoms with E-state index in [9.17, 15) is 9.59 Å². The van der Waals surface area contributed by atoms with Gasteiger partial charge in [-0.05, 0) is 19.1 Å². The van der Waals surface area contributed by atoms with Crippen LogP contribution >= 0.6 is 0 Å². The number of hydrogen-bond donors (Lipinski definition) is 1. The molecule has 0 saturated carbocycles. The van der Waals surface area contributed by atoms with Gasteiger partial charge in [-0.2, -0.15) is 0 Å². The Hall–Kier alpha value is -1.78. The summed E-state index contributed by atoms with van der Waals surface area (Å²) in [6.45, 7) is 1.75. The molecule has 1 aromatic heterocycles. The molecule has 0 spiro atoms. The molecule has 0 aromatic carbocycles. The van der Waals surface area contributed by atoms with Crippen LogP contribution in [0.25, 0.3) is 0 Å². The van der Waals surface area contributed by atoms with E-state index in [4.69, 9.17) is 14.3 Å². The van der Waals surface area contributed by atoms with Crippen LogP contribution in [0.4, 0.5) is 0 Å². The molecule has 1 N–H and O–H groups in total. The number of ether oxygens (including phenoxy) is 1. The predicted molar refractivity (Wildman–Crippen MR) is 48.0 cm³/mol. The summed E-state index contributed by atoms with van der Waals surface area (Å²) in [5.41, 5.74) is 0. The van der Waals surface area contributed by atoms with E-state index in [1.165, 1.54) is 0 Å². The van der Waals surface area contributed by atoms with Crippen LogP contribution in [0.5, 0.6) is 0 Å². The first-order valence-corrected chi connectivity index (χ1v) is 4.56. The second-order valence-corrected chi connectivity index (χ2v) is 3.51. The normalized spacial score (nSPS) is 25.3. The third-order valence-corrected chi connectivity index (χ3v) is 2.37. The van der Waals surface area contributed by atoms with Crippen molar-refractivity contribution >= 4 is 11.9 Å². The van der Waals surface area contributed by atoms with Crippen molar-refractivity contribution in [2.24, 2.45) is 5.92 Å². The van der Waals surface area contributed by atoms with Crippen molar-refractivity contribution < 1.29 is 23.8 Å². The summed E-state index contributed by atoms with van der Waals surface area (Å²) < 4.78 is 10.2. The first-order valence-electron chi connectivity index (χ1n) is 4.56. The lowest BCUT2D eigenvalue weighted by molar-refractivity contribution is -0.145. The highest BCUT2D eigenvalue weighted by atomic mass is 16.6. The highest BCUT2D eigenvalue weighted by molar-refractivity contribution is 5.82. The Morgan fingerprint density at radius 3 is 2.80 bits per heavy atom. The van der Waals surface area contributed by atoms with Gasteiger partial charge in [-0.25, -0.2) is 0 Å². The molecule has 80 valence electrons. The predicted octanol–water partition coefficient (Wildman–Crippen LogP) is 1.28. The summed E-state index contributed by atoms with van der Waals surface area (Å²) in [5.74, 6) is -1.33. The van der Waals surface area contributed by atoms with E-state index in [2.05, 4.69) is 0 Å². The summed E-state index contributed by atoms with van der Waals surface area (Å²) in [7, 11) is 0. The summed E-state index contributed by atoms with van der Waals surface area (Å²) in [6.07, 6.45) is -0.886. The van der Waals surface area contributed by atoms with Gasteiger partial charge in [-0.1, -0.05) is 0 Å². The maximum atomic E-state index is 11.0. The summed E-state index contributed by atoms with van der Waals surface area (Å²) in [6, 6.07) is 3.34. The first kappa shape index (κ1) is 9.76. The number of carboxylic acids is 1. The van der Waals surface area contributed by atoms with Gasteiger partial charge in [0.15, 0.2) is 6.10 Å². The van der Waals surface area contributed by atoms with Gasteiger partial charge < -0.3 is 14.3 Å². The van der Waals surface area contributed by atoms with Crippen molar-refractivity contribution in [1.29, 1.82) is 0 Å². The van der Waals surface area contributed by atoms with Gasteiger partial charge in [0.25, 0.3) is 0 Å². The molecule has 0 unspecified atom stereocenters. The Morgan fingerprint density at radius 2 is 2.27 bits per heavy atom. The van der Waals surface area contributed by atoms with Gasteiger partial charge in [0.05, 0.1) is 6.42 Å². The SMILES string of the molecule is Cc1ccc([C@H]2OC(=O)C[C@@H]2C(=O)O)o1. The average molecular weight is 210 g/mol. The molecule has 5 nitrogen and oxygen atoms in total. The molecule has 1 aromatic rings. The molecular weight excluding hydrogens is 200 g/mol. The van der Waals surface area contributed by atoms with E-state index in [-0.39, 0.29) is 6.42 Å². The fourth-order valence-corrected chi connectivity index (χ4v) is 1.64. The highest BCUT2D eigenvalue weighted by Crippen LogP contribution is 2.36. The Labute approximate surface area is 85.6 Å². The number of aliphatic carboxylic acids is 1. The number of esters is 1. The van der Waals surface area contributed by atoms with Gasteiger partial charge in [0.1, 0.15) is 17.4 Å². The second kappa shape index (κ2) is 3.42. The summed E-state index contributed by atoms with van der Waals surface area (Å²) in [4.78, 5) is 21.9. The van der Waals surface area contributed by atoms with E-state index < -0.39 is 24.0 Å². The van der Waals surface area contributed by atoms with Crippen LogP contribution in [-0.2, 0) is 14.3 Å². The minimum atomic E-state index is -1.04. The molecule has 2 atom stereocenters. The quantitative estimate of drug-likeness (QED) is 0.744. The number of rotatable bonds is 2. The molecule has 0 radical (unpaired) electrons. The first-order chi connectivity index (χ1) is 7.08. The lowest BCUT2D eigenvalue weighted by Crippen LogP contribution is -2.17. The van der Waals surface area contributed by atoms with Gasteiger partial charge >= 0.3 is 11.9 Å². The van der Waals surface area contributed by atoms with E-state index in [0.29, 0.717) is 11.5 Å². The van der Waals surface area contributed by atoms with E-state index in [1.54, 1.807) is 19.1 Å². The fraction of sp³-hybridized carbons (Fsp3) is 0.400. The van der Waals surface area contributed by atoms with Crippen LogP contribution < -0.4 is 0 Å². The number of aryl methyl sites for hydroxylation is 1. The van der Waals surface area contributed by atoms with Gasteiger partial charge in [-0.15, -0.1) is 0 Å². The van der Waals surface area contributed by atoms with Crippen LogP contribution in [0.3, 0.4) is 0 Å². The Morgan fingerprint density at radius 1 is 1.53 bits per heavy atom. The number of cyclic esters (lactones) is 1. The fourth-order valence-electron chi connectivity index (χ4n) is 1.64. The van der Waals surface area contributed by atoms with Crippen LogP contribution in [0.15, 0.2) is 16.5 Å². The lowest BCUT2D eigenvalue weighted by Gasteiger charge is -2.10. The van der Waals surface area contributed by atoms with Crippen molar-refractivity contribution in [2.45, 2.75) is 19.4 Å². The molecule has 5 heteroatoms. The molecule has 0 amide bonds. The smallest absolute Gasteiger partial charge is 0.311 e. The summed E-state index contributed by atoms with van der Waals surface area (Å²) in [5, 5.41) is 8.90. The Balaban J connectivity index is 2.27. The average Bonchev–Trinajstić information content (AvgIpc) is 2.71. The molecule has 0 bridgehead atoms. The van der Waals surface area contributed by atoms with Crippen molar-refractivity contribution in [3.05, 3.63) is 23.7 Å². The topological polar surface area (TPSA) is 76.7 Å². The van der Waals surface area contributed by atoms with Crippen molar-refractivity contribution in [2.75, 3.05) is 0 Å². The zero-order chi connectivity index (χ0) is 11.0. The van der Waals surface area contributed by atoms with Gasteiger partial charge in [0.2, 0.25) is 0 Å². The van der Waals surface area contributed by atoms with Crippen molar-refractivity contribution in [1.82, 2.24) is 0 Å². The van der Waals surface area contributed by atoms with E-state index >= 15 is 0 Å². The zero-order valence-electron chi connectivity index (χ0n) is 8.10. The number of carbonyl (C=O) groups excluding carboxylic acids is 1. The minimum absolute atomic E-state index is 0.0975. The van der Waals surface area contributed by atoms with Crippen molar-refractivity contribution in [3.63, 3.8) is 0 Å². The third kappa shape index (κ3) is 1.72. The Bertz CT molecular complexity index is 406. The number of carboxylic acid groups (broad SMARTS) is 1. The molecule has 1 fully saturated rings. The van der Waals surface area contributed by atoms with Crippen LogP contribution in [0.1, 0.15) is 24.0 Å². The highest BCUT2D eigenvalue weighted by Gasteiger charge is 2.42. The number of hydrogen-bond acceptors (Lipinski definition) is 4. The molecule has 15 heavy (non-hydrogen) atoms. The van der Waals surface area contributed by atoms with Crippen molar-refractivity contribution in [3.8, 4) is 0 Å². The summed E-state index contributed by atoms with van der Waals surface area (Å²) >= 11 is 0. The maximum absolute atomic E-state index is 11.0. The molecule has 2 rings (SSSR count). The monoisotopic (exact) mass is 210 g/mol. The number of carbonyl (C=O) groups is 2. The van der Waals surface area contributed by atoms with Crippen LogP contribution in [0, 0.1) is 12.8 Å². The van der Waals surface area contributed by atoms with Gasteiger partial charge in [0, 0.05) is 0 Å². The van der Waals surface area contributed by atoms with E-state index in [0.717, 1.165) is 0 Å². The number of furan rings is 1.